The smallest absolute Gasteiger partial charge is 0.275 e. The highest BCUT2D eigenvalue weighted by Crippen LogP contribution is 2.30. The molecule has 144 valence electrons. The van der Waals surface area contributed by atoms with Gasteiger partial charge >= 0.3 is 0 Å². The maximum absolute atomic E-state index is 13.6. The molecule has 1 unspecified atom stereocenters. The van der Waals surface area contributed by atoms with Crippen LogP contribution >= 0.6 is 0 Å². The second kappa shape index (κ2) is 6.91. The highest BCUT2D eigenvalue weighted by Gasteiger charge is 2.35. The molecule has 1 amide bonds. The summed E-state index contributed by atoms with van der Waals surface area (Å²) in [6.07, 6.45) is 6.67. The van der Waals surface area contributed by atoms with Gasteiger partial charge in [-0.15, -0.1) is 0 Å². The number of carbonyl (C=O) groups is 1. The maximum Gasteiger partial charge on any atom is 0.275 e. The Labute approximate surface area is 164 Å². The molecule has 1 atom stereocenters. The number of piperazine rings is 1. The summed E-state index contributed by atoms with van der Waals surface area (Å²) in [7, 11) is 1.97. The number of hydrogen-bond acceptors (Lipinski definition) is 4. The molecule has 1 aromatic carbocycles. The lowest BCUT2D eigenvalue weighted by Crippen LogP contribution is -2.49. The van der Waals surface area contributed by atoms with Gasteiger partial charge in [0.2, 0.25) is 0 Å². The van der Waals surface area contributed by atoms with Gasteiger partial charge < -0.3 is 14.8 Å². The van der Waals surface area contributed by atoms with Gasteiger partial charge in [0.1, 0.15) is 11.9 Å². The second-order valence-corrected chi connectivity index (χ2v) is 7.49. The molecule has 1 aliphatic heterocycles. The molecule has 28 heavy (non-hydrogen) atoms. The SMILES string of the molecule is Cn1ccnc1C1CNCCN1C(=O)c1nn(-c2ccccc2)c2c1CCC2. The predicted octanol–water partition coefficient (Wildman–Crippen LogP) is 1.88. The third kappa shape index (κ3) is 2.74. The normalized spacial score (nSPS) is 19.0. The van der Waals surface area contributed by atoms with Crippen molar-refractivity contribution in [2.45, 2.75) is 25.3 Å². The quantitative estimate of drug-likeness (QED) is 0.758. The van der Waals surface area contributed by atoms with Gasteiger partial charge in [0.15, 0.2) is 5.69 Å². The Hall–Kier alpha value is -2.93. The molecule has 0 bridgehead atoms. The molecule has 3 heterocycles. The molecule has 7 nitrogen and oxygen atoms in total. The fourth-order valence-corrected chi connectivity index (χ4v) is 4.40. The van der Waals surface area contributed by atoms with Gasteiger partial charge in [0.25, 0.3) is 5.91 Å². The van der Waals surface area contributed by atoms with Crippen molar-refractivity contribution in [2.24, 2.45) is 7.05 Å². The van der Waals surface area contributed by atoms with E-state index in [1.807, 2.05) is 57.7 Å². The van der Waals surface area contributed by atoms with Crippen LogP contribution < -0.4 is 5.32 Å². The molecule has 0 spiro atoms. The van der Waals surface area contributed by atoms with E-state index in [4.69, 9.17) is 5.10 Å². The summed E-state index contributed by atoms with van der Waals surface area (Å²) < 4.78 is 3.96. The van der Waals surface area contributed by atoms with Crippen LogP contribution in [0.25, 0.3) is 5.69 Å². The summed E-state index contributed by atoms with van der Waals surface area (Å²) in [5.41, 5.74) is 3.92. The van der Waals surface area contributed by atoms with Crippen molar-refractivity contribution in [1.29, 1.82) is 0 Å². The van der Waals surface area contributed by atoms with Crippen LogP contribution in [0.4, 0.5) is 0 Å². The van der Waals surface area contributed by atoms with Crippen LogP contribution in [0.3, 0.4) is 0 Å². The zero-order chi connectivity index (χ0) is 19.1. The number of rotatable bonds is 3. The van der Waals surface area contributed by atoms with Gasteiger partial charge in [-0.05, 0) is 31.4 Å². The maximum atomic E-state index is 13.6. The van der Waals surface area contributed by atoms with Gasteiger partial charge in [-0.3, -0.25) is 4.79 Å². The molecule has 1 fully saturated rings. The molecule has 2 aliphatic rings. The average molecular weight is 376 g/mol. The Morgan fingerprint density at radius 2 is 2.07 bits per heavy atom. The van der Waals surface area contributed by atoms with E-state index >= 15 is 0 Å². The van der Waals surface area contributed by atoms with Crippen LogP contribution in [-0.2, 0) is 19.9 Å². The number of nitrogens with zero attached hydrogens (tertiary/aromatic N) is 5. The molecule has 0 saturated carbocycles. The van der Waals surface area contributed by atoms with Crippen molar-refractivity contribution < 1.29 is 4.79 Å². The number of benzene rings is 1. The lowest BCUT2D eigenvalue weighted by molar-refractivity contribution is 0.0613. The van der Waals surface area contributed by atoms with Crippen molar-refractivity contribution in [3.8, 4) is 5.69 Å². The summed E-state index contributed by atoms with van der Waals surface area (Å²) >= 11 is 0. The molecule has 3 aromatic rings. The van der Waals surface area contributed by atoms with Crippen molar-refractivity contribution in [3.05, 3.63) is 65.5 Å². The van der Waals surface area contributed by atoms with Gasteiger partial charge in [-0.25, -0.2) is 9.67 Å². The van der Waals surface area contributed by atoms with E-state index in [0.717, 1.165) is 42.9 Å². The van der Waals surface area contributed by atoms with Crippen LogP contribution in [-0.4, -0.2) is 49.8 Å². The molecule has 2 aromatic heterocycles. The van der Waals surface area contributed by atoms with Gasteiger partial charge in [-0.2, -0.15) is 5.10 Å². The molecule has 1 aliphatic carbocycles. The first kappa shape index (κ1) is 17.2. The van der Waals surface area contributed by atoms with E-state index in [9.17, 15) is 4.79 Å². The van der Waals surface area contributed by atoms with Crippen LogP contribution in [0.2, 0.25) is 0 Å². The Balaban J connectivity index is 1.54. The fourth-order valence-electron chi connectivity index (χ4n) is 4.40. The third-order valence-corrected chi connectivity index (χ3v) is 5.79. The standard InChI is InChI=1S/C21H24N6O/c1-25-12-11-23-20(25)18-14-22-10-13-26(18)21(28)19-16-8-5-9-17(16)27(24-19)15-6-3-2-4-7-15/h2-4,6-7,11-12,18,22H,5,8-10,13-14H2,1H3. The van der Waals surface area contributed by atoms with Crippen molar-refractivity contribution in [1.82, 2.24) is 29.5 Å². The number of nitrogens with one attached hydrogen (secondary N) is 1. The zero-order valence-electron chi connectivity index (χ0n) is 16.0. The fraction of sp³-hybridized carbons (Fsp3) is 0.381. The number of amides is 1. The Kier molecular flexibility index (Phi) is 4.24. The monoisotopic (exact) mass is 376 g/mol. The van der Waals surface area contributed by atoms with E-state index in [-0.39, 0.29) is 11.9 Å². The minimum absolute atomic E-state index is 0.0160. The Bertz CT molecular complexity index is 1010. The number of fused-ring (bicyclic) bond motifs is 1. The van der Waals surface area contributed by atoms with Gasteiger partial charge in [0.05, 0.1) is 5.69 Å². The summed E-state index contributed by atoms with van der Waals surface area (Å²) in [6.45, 7) is 2.15. The predicted molar refractivity (Wildman–Crippen MR) is 105 cm³/mol. The van der Waals surface area contributed by atoms with E-state index in [1.54, 1.807) is 6.20 Å². The third-order valence-electron chi connectivity index (χ3n) is 5.79. The van der Waals surface area contributed by atoms with Gasteiger partial charge in [0, 0.05) is 50.3 Å². The lowest BCUT2D eigenvalue weighted by Gasteiger charge is -2.35. The number of para-hydroxylation sites is 1. The number of aryl methyl sites for hydroxylation is 1. The highest BCUT2D eigenvalue weighted by atomic mass is 16.2. The number of aromatic nitrogens is 4. The second-order valence-electron chi connectivity index (χ2n) is 7.49. The van der Waals surface area contributed by atoms with Crippen LogP contribution in [0.1, 0.15) is 40.0 Å². The molecular weight excluding hydrogens is 352 g/mol. The first-order chi connectivity index (χ1) is 13.7. The first-order valence-corrected chi connectivity index (χ1v) is 9.89. The summed E-state index contributed by atoms with van der Waals surface area (Å²) in [4.78, 5) is 20.0. The first-order valence-electron chi connectivity index (χ1n) is 9.89. The molecule has 7 heteroatoms. The largest absolute Gasteiger partial charge is 0.336 e. The Morgan fingerprint density at radius 3 is 2.86 bits per heavy atom. The van der Waals surface area contributed by atoms with Crippen molar-refractivity contribution in [2.75, 3.05) is 19.6 Å². The van der Waals surface area contributed by atoms with Gasteiger partial charge in [-0.1, -0.05) is 18.2 Å². The molecule has 0 radical (unpaired) electrons. The highest BCUT2D eigenvalue weighted by molar-refractivity contribution is 5.94. The minimum atomic E-state index is -0.0832. The summed E-state index contributed by atoms with van der Waals surface area (Å²) in [6, 6.07) is 10.0. The molecule has 5 rings (SSSR count). The molecule has 1 N–H and O–H groups in total. The minimum Gasteiger partial charge on any atom is -0.336 e. The van der Waals surface area contributed by atoms with E-state index in [1.165, 1.54) is 5.69 Å². The number of hydrogen-bond donors (Lipinski definition) is 1. The van der Waals surface area contributed by atoms with E-state index < -0.39 is 0 Å². The van der Waals surface area contributed by atoms with Crippen LogP contribution in [0.15, 0.2) is 42.7 Å². The van der Waals surface area contributed by atoms with Crippen LogP contribution in [0.5, 0.6) is 0 Å². The summed E-state index contributed by atoms with van der Waals surface area (Å²) in [5, 5.41) is 8.19. The summed E-state index contributed by atoms with van der Waals surface area (Å²) in [5.74, 6) is 0.919. The Morgan fingerprint density at radius 1 is 1.21 bits per heavy atom. The van der Waals surface area contributed by atoms with Crippen LogP contribution in [0, 0.1) is 0 Å². The topological polar surface area (TPSA) is 68.0 Å². The zero-order valence-corrected chi connectivity index (χ0v) is 16.0. The van der Waals surface area contributed by atoms with E-state index in [0.29, 0.717) is 18.8 Å². The average Bonchev–Trinajstić information content (AvgIpc) is 3.45. The molecule has 1 saturated heterocycles. The van der Waals surface area contributed by atoms with Crippen molar-refractivity contribution >= 4 is 5.91 Å². The van der Waals surface area contributed by atoms with Crippen molar-refractivity contribution in [3.63, 3.8) is 0 Å². The lowest BCUT2D eigenvalue weighted by atomic mass is 10.1. The number of imidazole rings is 1. The van der Waals surface area contributed by atoms with E-state index in [2.05, 4.69) is 10.3 Å². The molecular formula is C21H24N6O. The number of carbonyl (C=O) groups excluding carboxylic acids is 1.